The summed E-state index contributed by atoms with van der Waals surface area (Å²) in [6.45, 7) is 0. The summed E-state index contributed by atoms with van der Waals surface area (Å²) in [6, 6.07) is 165. The fourth-order valence-electron chi connectivity index (χ4n) is 18.9. The van der Waals surface area contributed by atoms with Crippen LogP contribution in [0, 0.1) is 0 Å². The third-order valence-corrected chi connectivity index (χ3v) is 30.8. The summed E-state index contributed by atoms with van der Waals surface area (Å²) >= 11 is -1.40. The van der Waals surface area contributed by atoms with E-state index in [1.807, 2.05) is 72.8 Å². The molecule has 5 aromatic heterocycles. The number of nitrogens with zero attached hydrogens (tertiary/aromatic N) is 2. The normalized spacial score (nSPS) is 11.4. The Morgan fingerprint density at radius 1 is 0.176 bits per heavy atom. The number of hydrogen-bond acceptors (Lipinski definition) is 10. The van der Waals surface area contributed by atoms with Gasteiger partial charge in [0.15, 0.2) is 0 Å². The molecule has 0 spiro atoms. The van der Waals surface area contributed by atoms with Gasteiger partial charge in [-0.2, -0.15) is 0 Å². The van der Waals surface area contributed by atoms with Gasteiger partial charge in [-0.25, -0.2) is 0 Å². The van der Waals surface area contributed by atoms with Gasteiger partial charge in [0.05, 0.1) is 0 Å². The summed E-state index contributed by atoms with van der Waals surface area (Å²) < 4.78 is 36.1. The average molecular weight is 1960 g/mol. The molecule has 27 aromatic rings. The van der Waals surface area contributed by atoms with Crippen LogP contribution >= 0.6 is 0 Å². The van der Waals surface area contributed by atoms with Gasteiger partial charge in [-0.1, -0.05) is 200 Å². The van der Waals surface area contributed by atoms with Gasteiger partial charge in [-0.15, -0.1) is 0 Å². The number of nitrogens with one attached hydrogen (secondary N) is 3. The van der Waals surface area contributed by atoms with Crippen LogP contribution in [0.15, 0.2) is 495 Å². The van der Waals surface area contributed by atoms with Crippen LogP contribution in [0.2, 0.25) is 9.88 Å². The van der Waals surface area contributed by atoms with Crippen LogP contribution in [0.3, 0.4) is 0 Å². The van der Waals surface area contributed by atoms with E-state index in [0.717, 1.165) is 139 Å². The molecule has 10 nitrogen and oxygen atoms in total. The quantitative estimate of drug-likeness (QED) is 0.0911. The van der Waals surface area contributed by atoms with Crippen molar-refractivity contribution in [2.24, 2.45) is 0 Å². The average Bonchev–Trinajstić information content (AvgIpc) is 1.60. The van der Waals surface area contributed by atoms with Crippen LogP contribution in [-0.4, -0.2) is 42.8 Å². The van der Waals surface area contributed by atoms with Gasteiger partial charge in [0.1, 0.15) is 33.5 Å². The number of anilines is 10. The zero-order valence-corrected chi connectivity index (χ0v) is 80.2. The maximum Gasteiger partial charge on any atom is 0.143 e. The molecule has 0 aliphatic heterocycles. The predicted molar refractivity (Wildman–Crippen MR) is 577 cm³/mol. The summed E-state index contributed by atoms with van der Waals surface area (Å²) in [6.07, 6.45) is 0. The molecule has 0 unspecified atom stereocenters. The fourth-order valence-corrected chi connectivity index (χ4v) is 23.5. The summed E-state index contributed by atoms with van der Waals surface area (Å²) in [7, 11) is 0. The molecule has 27 rings (SSSR count). The Labute approximate surface area is 806 Å². The minimum atomic E-state index is -0.703. The first-order valence-corrected chi connectivity index (χ1v) is 54.0. The minimum absolute atomic E-state index is 0.695. The van der Waals surface area contributed by atoms with E-state index in [1.165, 1.54) is 104 Å². The van der Waals surface area contributed by atoms with Crippen molar-refractivity contribution in [1.82, 2.24) is 0 Å². The SMILES string of the molecule is [CH3][Sn][N](c1ccccc1)c1ccc2oc3cc4ccccc4cc3c2c1.[CH3][Sn][N](c1ccccc1)c1ccc2oc3ccc4ccccc4c3c2c1.c1ccc(Nc2cc(-c3ccccc3)c3oc4cc5ccccc5cc4c3c2)cc1.c1ccc(Nc2cc(-c3ccccc3)c3oc4ccc5ccccc5c4c3c2)cc1.c1ccc(Nc2ccc3oc4ccc5ccccc5c4c3c2)cc1. The van der Waals surface area contributed by atoms with Gasteiger partial charge in [-0.3, -0.25) is 0 Å². The zero-order chi connectivity index (χ0) is 90.8. The van der Waals surface area contributed by atoms with Gasteiger partial charge >= 0.3 is 326 Å². The molecule has 5 heterocycles. The number of benzene rings is 22. The molecule has 0 saturated carbocycles. The molecule has 12 heteroatoms. The molecule has 136 heavy (non-hydrogen) atoms. The van der Waals surface area contributed by atoms with E-state index in [1.54, 1.807) is 0 Å². The van der Waals surface area contributed by atoms with Gasteiger partial charge < -0.3 is 29.2 Å². The van der Waals surface area contributed by atoms with E-state index >= 15 is 0 Å². The summed E-state index contributed by atoms with van der Waals surface area (Å²) in [5.74, 6) is 0. The van der Waals surface area contributed by atoms with Gasteiger partial charge in [0.25, 0.3) is 0 Å². The number of para-hydroxylation sites is 5. The standard InChI is InChI=1S/2C28H19NO.C22H14NO.C22H15NO.C22H14NO.2CH3.2Sn/c1-3-9-19(10-4-1)24-17-23(29-22-13-5-2-6-14-22)18-26-25-15-20-11-7-8-12-21(20)16-27(25)30-28(24)26;1-3-9-19(10-4-1)24-17-22(29-21-12-5-2-6-13-21)18-25-27-23-14-8-7-11-20(23)15-16-26(27)30-28(24)25;1-2-8-17(9-3-1)23-18-10-11-21-20(14-18)19-12-15-6-4-5-7-16(15)13-22(19)24-21;2*1-2-7-16(8-3-1)23-17-11-13-20-19(14-17)22-18-9-5-4-6-15(18)10-12-21(22)24-20;;;;/h2*1-18,29H;1-14H;1-14,23H;1-14H;2*1H3;;/q;;-1;;-1;;;2*+1. The maximum atomic E-state index is 6.42. The smallest absolute Gasteiger partial charge is 0.143 e. The second-order valence-electron chi connectivity index (χ2n) is 33.7. The Bertz CT molecular complexity index is 9050. The van der Waals surface area contributed by atoms with Crippen molar-refractivity contribution >= 4 is 263 Å². The van der Waals surface area contributed by atoms with Crippen LogP contribution in [0.1, 0.15) is 0 Å². The minimum Gasteiger partial charge on any atom is -0.456 e. The molecule has 0 bridgehead atoms. The van der Waals surface area contributed by atoms with Crippen molar-refractivity contribution in [1.29, 1.82) is 0 Å². The fraction of sp³-hybridized carbons (Fsp3) is 0.0161. The predicted octanol–water partition coefficient (Wildman–Crippen LogP) is 35.9. The number of furan rings is 5. The molecule has 3 N–H and O–H groups in total. The first-order chi connectivity index (χ1) is 67.3. The van der Waals surface area contributed by atoms with Crippen LogP contribution < -0.4 is 22.2 Å². The molecule has 0 aliphatic rings. The van der Waals surface area contributed by atoms with Crippen LogP contribution in [-0.2, 0) is 0 Å². The summed E-state index contributed by atoms with van der Waals surface area (Å²) in [5, 5.41) is 34.5. The third-order valence-electron chi connectivity index (χ3n) is 25.3. The van der Waals surface area contributed by atoms with E-state index in [4.69, 9.17) is 22.1 Å². The first-order valence-electron chi connectivity index (χ1n) is 45.7. The molecular formula is C124H87N5O5Sn2. The molecule has 0 saturated heterocycles. The van der Waals surface area contributed by atoms with Crippen molar-refractivity contribution < 1.29 is 22.1 Å². The monoisotopic (exact) mass is 1970 g/mol. The van der Waals surface area contributed by atoms with Crippen molar-refractivity contribution in [3.05, 3.63) is 473 Å². The number of rotatable bonds is 14. The van der Waals surface area contributed by atoms with Crippen LogP contribution in [0.4, 0.5) is 56.9 Å². The van der Waals surface area contributed by atoms with Gasteiger partial charge in [0, 0.05) is 77.6 Å². The summed E-state index contributed by atoms with van der Waals surface area (Å²) in [4.78, 5) is 4.70. The Balaban J connectivity index is 0.0000000958. The molecule has 22 aromatic carbocycles. The van der Waals surface area contributed by atoms with E-state index in [9.17, 15) is 0 Å². The number of fused-ring (bicyclic) bond motifs is 23. The van der Waals surface area contributed by atoms with Gasteiger partial charge in [-0.05, 0) is 147 Å². The van der Waals surface area contributed by atoms with Crippen molar-refractivity contribution in [3.8, 4) is 22.3 Å². The molecule has 0 atom stereocenters. The Hall–Kier alpha value is -16.3. The Kier molecular flexibility index (Phi) is 23.1. The first kappa shape index (κ1) is 84.0. The van der Waals surface area contributed by atoms with Crippen LogP contribution in [0.5, 0.6) is 0 Å². The molecule has 646 valence electrons. The molecular weight excluding hydrogens is 1880 g/mol. The maximum absolute atomic E-state index is 6.42. The zero-order valence-electron chi connectivity index (χ0n) is 74.5. The van der Waals surface area contributed by atoms with E-state index in [0.29, 0.717) is 0 Å². The largest absolute Gasteiger partial charge is 0.456 e. The Morgan fingerprint density at radius 2 is 0.471 bits per heavy atom. The second kappa shape index (κ2) is 37.4. The number of hydrogen-bond donors (Lipinski definition) is 3. The topological polar surface area (TPSA) is 108 Å². The van der Waals surface area contributed by atoms with E-state index in [-0.39, 0.29) is 0 Å². The van der Waals surface area contributed by atoms with Crippen molar-refractivity contribution in [3.63, 3.8) is 0 Å². The molecule has 0 fully saturated rings. The van der Waals surface area contributed by atoms with Gasteiger partial charge in [0.2, 0.25) is 0 Å². The molecule has 4 radical (unpaired) electrons. The van der Waals surface area contributed by atoms with Crippen molar-refractivity contribution in [2.45, 2.75) is 9.88 Å². The molecule has 0 amide bonds. The van der Waals surface area contributed by atoms with E-state index in [2.05, 4.69) is 432 Å². The summed E-state index contributed by atoms with van der Waals surface area (Å²) in [5.41, 5.74) is 25.2. The van der Waals surface area contributed by atoms with Crippen molar-refractivity contribution in [2.75, 3.05) is 22.2 Å². The Morgan fingerprint density at radius 3 is 0.919 bits per heavy atom. The van der Waals surface area contributed by atoms with Crippen LogP contribution in [0.25, 0.3) is 186 Å². The van der Waals surface area contributed by atoms with E-state index < -0.39 is 42.8 Å². The third kappa shape index (κ3) is 16.8. The second-order valence-corrected chi connectivity index (χ2v) is 38.9. The molecule has 0 aliphatic carbocycles.